The summed E-state index contributed by atoms with van der Waals surface area (Å²) >= 11 is 0. The van der Waals surface area contributed by atoms with Crippen molar-refractivity contribution >= 4 is 21.7 Å². The Morgan fingerprint density at radius 1 is 0.979 bits per heavy atom. The number of aryl methyl sites for hydroxylation is 1. The van der Waals surface area contributed by atoms with Gasteiger partial charge in [0.25, 0.3) is 0 Å². The van der Waals surface area contributed by atoms with Crippen LogP contribution in [-0.2, 0) is 36.3 Å². The monoisotopic (exact) mass is 695 g/mol. The molecule has 1 saturated heterocycles. The van der Waals surface area contributed by atoms with Crippen LogP contribution in [0, 0.1) is 23.1 Å². The van der Waals surface area contributed by atoms with E-state index in [1.807, 2.05) is 0 Å². The van der Waals surface area contributed by atoms with E-state index in [0.29, 0.717) is 12.5 Å². The summed E-state index contributed by atoms with van der Waals surface area (Å²) in [5, 5.41) is 9.62. The topological polar surface area (TPSA) is 91.8 Å². The van der Waals surface area contributed by atoms with Crippen molar-refractivity contribution in [3.8, 4) is 0 Å². The maximum Gasteiger partial charge on any atom is 0.435 e. The molecule has 47 heavy (non-hydrogen) atoms. The predicted molar refractivity (Wildman–Crippen MR) is 152 cm³/mol. The number of carboxylic acids is 1. The standard InChI is InChI=1S/C32H33F8NO5S/c1-3-28(12-11-23(26(42)43)18(2)17-28)27(44)41-14-13-29(47(45,46)22-6-4-5-21(33)16-22)24-9-8-20(15-19(24)7-10-25(29)41)30(34,31(35,36)37)32(38,39)40/h4-6,8-9,15-16,18,23,25H,3,7,10-14,17H2,1-2H3,(H,42,43)/t18-,23+,25?,28?,29?/m0/s1. The Labute approximate surface area is 266 Å². The molecule has 0 radical (unpaired) electrons. The van der Waals surface area contributed by atoms with Crippen molar-refractivity contribution in [1.29, 1.82) is 0 Å². The van der Waals surface area contributed by atoms with E-state index in [-0.39, 0.29) is 68.2 Å². The Kier molecular flexibility index (Phi) is 8.54. The zero-order valence-corrected chi connectivity index (χ0v) is 26.2. The Morgan fingerprint density at radius 2 is 1.64 bits per heavy atom. The molecule has 6 nitrogen and oxygen atoms in total. The number of fused-ring (bicyclic) bond motifs is 3. The summed E-state index contributed by atoms with van der Waals surface area (Å²) in [4.78, 5) is 27.1. The average Bonchev–Trinajstić information content (AvgIpc) is 3.40. The van der Waals surface area contributed by atoms with Crippen LogP contribution in [0.3, 0.4) is 0 Å². The fourth-order valence-electron chi connectivity index (χ4n) is 8.23. The summed E-state index contributed by atoms with van der Waals surface area (Å²) in [5.41, 5.74) is -8.98. The molecule has 1 N–H and O–H groups in total. The summed E-state index contributed by atoms with van der Waals surface area (Å²) in [5.74, 6) is -3.40. The van der Waals surface area contributed by atoms with Gasteiger partial charge in [-0.3, -0.25) is 9.59 Å². The molecule has 258 valence electrons. The van der Waals surface area contributed by atoms with E-state index < -0.39 is 78.1 Å². The maximum atomic E-state index is 15.1. The van der Waals surface area contributed by atoms with Gasteiger partial charge in [0.1, 0.15) is 10.6 Å². The van der Waals surface area contributed by atoms with Gasteiger partial charge in [0.05, 0.1) is 16.9 Å². The van der Waals surface area contributed by atoms with Crippen LogP contribution in [0.1, 0.15) is 69.1 Å². The van der Waals surface area contributed by atoms with Crippen LogP contribution < -0.4 is 0 Å². The maximum absolute atomic E-state index is 15.1. The quantitative estimate of drug-likeness (QED) is 0.322. The minimum absolute atomic E-state index is 0.157. The van der Waals surface area contributed by atoms with Crippen molar-refractivity contribution in [2.24, 2.45) is 17.3 Å². The number of carbonyl (C=O) groups excluding carboxylic acids is 1. The zero-order chi connectivity index (χ0) is 35.0. The molecule has 2 aromatic rings. The van der Waals surface area contributed by atoms with Crippen LogP contribution in [0.2, 0.25) is 0 Å². The van der Waals surface area contributed by atoms with E-state index in [1.165, 1.54) is 4.90 Å². The number of alkyl halides is 7. The minimum Gasteiger partial charge on any atom is -0.481 e. The SMILES string of the molecule is CCC1(C(=O)N2CCC3(S(=O)(=O)c4cccc(F)c4)c4ccc(C(F)(C(F)(F)F)C(F)(F)F)cc4CCC23)CC[C@@H](C(=O)O)[C@@H](C)C1. The second kappa shape index (κ2) is 11.4. The Morgan fingerprint density at radius 3 is 2.19 bits per heavy atom. The van der Waals surface area contributed by atoms with Crippen molar-refractivity contribution in [3.05, 3.63) is 65.0 Å². The number of aliphatic carboxylic acids is 1. The third kappa shape index (κ3) is 5.13. The van der Waals surface area contributed by atoms with E-state index in [4.69, 9.17) is 0 Å². The molecule has 2 fully saturated rings. The molecule has 2 aliphatic carbocycles. The first-order chi connectivity index (χ1) is 21.7. The second-order valence-electron chi connectivity index (χ2n) is 13.0. The Balaban J connectivity index is 1.67. The van der Waals surface area contributed by atoms with Gasteiger partial charge < -0.3 is 10.0 Å². The van der Waals surface area contributed by atoms with E-state index in [1.54, 1.807) is 13.8 Å². The van der Waals surface area contributed by atoms with Crippen molar-refractivity contribution in [2.75, 3.05) is 6.54 Å². The molecule has 5 atom stereocenters. The molecule has 15 heteroatoms. The molecule has 1 aliphatic heterocycles. The lowest BCUT2D eigenvalue weighted by atomic mass is 9.63. The van der Waals surface area contributed by atoms with E-state index in [0.717, 1.165) is 30.3 Å². The summed E-state index contributed by atoms with van der Waals surface area (Å²) < 4.78 is 138. The van der Waals surface area contributed by atoms with Gasteiger partial charge >= 0.3 is 24.0 Å². The van der Waals surface area contributed by atoms with Crippen molar-refractivity contribution < 1.29 is 58.2 Å². The highest BCUT2D eigenvalue weighted by molar-refractivity contribution is 7.92. The summed E-state index contributed by atoms with van der Waals surface area (Å²) in [7, 11) is -4.71. The lowest BCUT2D eigenvalue weighted by molar-refractivity contribution is -0.348. The highest BCUT2D eigenvalue weighted by Crippen LogP contribution is 2.58. The van der Waals surface area contributed by atoms with Gasteiger partial charge in [-0.15, -0.1) is 0 Å². The van der Waals surface area contributed by atoms with E-state index in [9.17, 15) is 53.8 Å². The summed E-state index contributed by atoms with van der Waals surface area (Å²) in [6.45, 7) is 3.33. The third-order valence-corrected chi connectivity index (χ3v) is 13.2. The fraction of sp³-hybridized carbons (Fsp3) is 0.562. The fourth-order valence-corrected chi connectivity index (χ4v) is 10.6. The number of halogens is 8. The Hall–Kier alpha value is -3.23. The molecule has 1 amide bonds. The molecule has 0 aromatic heterocycles. The number of hydrogen-bond acceptors (Lipinski definition) is 4. The van der Waals surface area contributed by atoms with Crippen LogP contribution in [0.25, 0.3) is 0 Å². The smallest absolute Gasteiger partial charge is 0.435 e. The first kappa shape index (κ1) is 35.1. The van der Waals surface area contributed by atoms with Gasteiger partial charge in [-0.2, -0.15) is 26.3 Å². The van der Waals surface area contributed by atoms with Crippen molar-refractivity contribution in [2.45, 2.75) is 92.5 Å². The van der Waals surface area contributed by atoms with E-state index >= 15 is 4.39 Å². The van der Waals surface area contributed by atoms with E-state index in [2.05, 4.69) is 0 Å². The highest BCUT2D eigenvalue weighted by atomic mass is 32.2. The van der Waals surface area contributed by atoms with Crippen LogP contribution >= 0.6 is 0 Å². The van der Waals surface area contributed by atoms with Gasteiger partial charge in [0.15, 0.2) is 9.84 Å². The van der Waals surface area contributed by atoms with Gasteiger partial charge in [-0.25, -0.2) is 17.2 Å². The number of amides is 1. The number of likely N-dealkylation sites (tertiary alicyclic amines) is 1. The molecule has 0 bridgehead atoms. The van der Waals surface area contributed by atoms with Crippen LogP contribution in [0.4, 0.5) is 35.1 Å². The zero-order valence-electron chi connectivity index (χ0n) is 25.4. The van der Waals surface area contributed by atoms with Crippen molar-refractivity contribution in [1.82, 2.24) is 4.90 Å². The lowest BCUT2D eigenvalue weighted by Crippen LogP contribution is -2.56. The number of benzene rings is 2. The number of carboxylic acid groups (broad SMARTS) is 1. The predicted octanol–water partition coefficient (Wildman–Crippen LogP) is 7.25. The van der Waals surface area contributed by atoms with Crippen LogP contribution in [0.15, 0.2) is 47.4 Å². The molecule has 1 saturated carbocycles. The molecule has 3 unspecified atom stereocenters. The van der Waals surface area contributed by atoms with Crippen LogP contribution in [0.5, 0.6) is 0 Å². The molecular formula is C32H33F8NO5S. The molecule has 1 heterocycles. The number of sulfone groups is 1. The average molecular weight is 696 g/mol. The molecule has 3 aliphatic rings. The second-order valence-corrected chi connectivity index (χ2v) is 15.2. The molecular weight excluding hydrogens is 662 g/mol. The van der Waals surface area contributed by atoms with Gasteiger partial charge in [-0.05, 0) is 80.2 Å². The number of nitrogens with zero attached hydrogens (tertiary/aromatic N) is 1. The molecule has 0 spiro atoms. The summed E-state index contributed by atoms with van der Waals surface area (Å²) in [6, 6.07) is 4.25. The van der Waals surface area contributed by atoms with Gasteiger partial charge in [0.2, 0.25) is 5.91 Å². The van der Waals surface area contributed by atoms with Crippen LogP contribution in [-0.4, -0.2) is 55.2 Å². The minimum atomic E-state index is -6.39. The number of rotatable bonds is 6. The largest absolute Gasteiger partial charge is 0.481 e. The lowest BCUT2D eigenvalue weighted by Gasteiger charge is -2.47. The molecule has 5 rings (SSSR count). The van der Waals surface area contributed by atoms with Gasteiger partial charge in [0, 0.05) is 17.5 Å². The normalized spacial score (nSPS) is 28.5. The summed E-state index contributed by atoms with van der Waals surface area (Å²) in [6.07, 6.45) is -12.6. The first-order valence-corrected chi connectivity index (χ1v) is 16.7. The number of carbonyl (C=O) groups is 2. The first-order valence-electron chi connectivity index (χ1n) is 15.2. The third-order valence-electron chi connectivity index (χ3n) is 10.7. The Bertz CT molecular complexity index is 1680. The van der Waals surface area contributed by atoms with Crippen molar-refractivity contribution in [3.63, 3.8) is 0 Å². The highest BCUT2D eigenvalue weighted by Gasteiger charge is 2.74. The number of hydrogen-bond donors (Lipinski definition) is 1. The molecule has 2 aromatic carbocycles. The van der Waals surface area contributed by atoms with Gasteiger partial charge in [-0.1, -0.05) is 38.1 Å².